The molecule has 0 unspecified atom stereocenters. The lowest BCUT2D eigenvalue weighted by molar-refractivity contribution is 0.279. The largest absolute Gasteiger partial charge is 0.490 e. The van der Waals surface area contributed by atoms with Crippen LogP contribution in [0.2, 0.25) is 5.02 Å². The molecule has 1 aliphatic rings. The summed E-state index contributed by atoms with van der Waals surface area (Å²) >= 11 is 5.86. The Morgan fingerprint density at radius 1 is 1.53 bits per heavy atom. The molecule has 2 rings (SSSR count). The van der Waals surface area contributed by atoms with Gasteiger partial charge in [-0.25, -0.2) is 0 Å². The van der Waals surface area contributed by atoms with Crippen LogP contribution in [0.1, 0.15) is 18.4 Å². The number of nitrogens with zero attached hydrogens (tertiary/aromatic N) is 1. The molecule has 2 N–H and O–H groups in total. The van der Waals surface area contributed by atoms with Crippen molar-refractivity contribution in [2.45, 2.75) is 18.4 Å². The highest BCUT2D eigenvalue weighted by atomic mass is 35.5. The van der Waals surface area contributed by atoms with Crippen LogP contribution in [-0.4, -0.2) is 12.1 Å². The molecule has 0 aliphatic heterocycles. The molecule has 4 heteroatoms. The predicted octanol–water partition coefficient (Wildman–Crippen LogP) is 2.08. The Bertz CT molecular complexity index is 421. The van der Waals surface area contributed by atoms with E-state index in [1.165, 1.54) is 0 Å². The van der Waals surface area contributed by atoms with E-state index >= 15 is 0 Å². The van der Waals surface area contributed by atoms with Crippen LogP contribution in [0.3, 0.4) is 0 Å². The van der Waals surface area contributed by atoms with Crippen molar-refractivity contribution in [3.05, 3.63) is 28.8 Å². The minimum atomic E-state index is -0.185. The molecule has 0 aromatic heterocycles. The van der Waals surface area contributed by atoms with Crippen molar-refractivity contribution in [1.29, 1.82) is 5.26 Å². The Morgan fingerprint density at radius 3 is 2.87 bits per heavy atom. The molecule has 0 bridgehead atoms. The average molecular weight is 223 g/mol. The van der Waals surface area contributed by atoms with Gasteiger partial charge in [-0.2, -0.15) is 5.26 Å². The van der Waals surface area contributed by atoms with Gasteiger partial charge in [0.2, 0.25) is 0 Å². The summed E-state index contributed by atoms with van der Waals surface area (Å²) < 4.78 is 5.50. The van der Waals surface area contributed by atoms with E-state index in [4.69, 9.17) is 27.3 Å². The molecule has 1 saturated carbocycles. The molecule has 1 fully saturated rings. The van der Waals surface area contributed by atoms with Crippen LogP contribution < -0.4 is 10.5 Å². The van der Waals surface area contributed by atoms with Crippen molar-refractivity contribution < 1.29 is 4.74 Å². The van der Waals surface area contributed by atoms with Gasteiger partial charge >= 0.3 is 0 Å². The fraction of sp³-hybridized carbons (Fsp3) is 0.364. The van der Waals surface area contributed by atoms with E-state index in [1.807, 2.05) is 6.07 Å². The van der Waals surface area contributed by atoms with Crippen LogP contribution in [0.25, 0.3) is 0 Å². The van der Waals surface area contributed by atoms with Gasteiger partial charge in [0, 0.05) is 0 Å². The van der Waals surface area contributed by atoms with Gasteiger partial charge in [-0.3, -0.25) is 0 Å². The summed E-state index contributed by atoms with van der Waals surface area (Å²) in [5, 5.41) is 9.31. The molecule has 78 valence electrons. The van der Waals surface area contributed by atoms with E-state index in [2.05, 4.69) is 0 Å². The monoisotopic (exact) mass is 222 g/mol. The Balaban J connectivity index is 2.14. The maximum Gasteiger partial charge on any atom is 0.138 e. The van der Waals surface area contributed by atoms with E-state index < -0.39 is 0 Å². The number of benzene rings is 1. The van der Waals surface area contributed by atoms with Gasteiger partial charge in [-0.15, -0.1) is 0 Å². The number of nitrogens with two attached hydrogens (primary N) is 1. The highest BCUT2D eigenvalue weighted by Gasteiger charge is 2.39. The van der Waals surface area contributed by atoms with Crippen LogP contribution in [0.5, 0.6) is 5.75 Å². The molecular weight excluding hydrogens is 212 g/mol. The molecular formula is C11H11ClN2O. The Labute approximate surface area is 93.4 Å². The van der Waals surface area contributed by atoms with Crippen LogP contribution in [-0.2, 0) is 0 Å². The van der Waals surface area contributed by atoms with Crippen molar-refractivity contribution in [1.82, 2.24) is 0 Å². The van der Waals surface area contributed by atoms with Crippen LogP contribution in [0.15, 0.2) is 18.2 Å². The summed E-state index contributed by atoms with van der Waals surface area (Å²) in [6, 6.07) is 7.18. The molecule has 1 aromatic rings. The first kappa shape index (κ1) is 10.3. The Kier molecular flexibility index (Phi) is 2.56. The third kappa shape index (κ3) is 2.23. The van der Waals surface area contributed by atoms with Gasteiger partial charge in [-0.05, 0) is 25.0 Å². The number of ether oxygens (including phenoxy) is 1. The van der Waals surface area contributed by atoms with Crippen LogP contribution in [0, 0.1) is 11.3 Å². The van der Waals surface area contributed by atoms with Gasteiger partial charge < -0.3 is 10.5 Å². The third-order valence-corrected chi connectivity index (χ3v) is 2.81. The molecule has 15 heavy (non-hydrogen) atoms. The first-order valence-electron chi connectivity index (χ1n) is 4.75. The summed E-state index contributed by atoms with van der Waals surface area (Å²) in [5.74, 6) is 0.515. The normalized spacial score (nSPS) is 16.9. The van der Waals surface area contributed by atoms with Crippen LogP contribution in [0.4, 0.5) is 0 Å². The van der Waals surface area contributed by atoms with Gasteiger partial charge in [0.05, 0.1) is 10.6 Å². The predicted molar refractivity (Wildman–Crippen MR) is 57.8 cm³/mol. The number of halogens is 1. The number of nitriles is 1. The third-order valence-electron chi connectivity index (χ3n) is 2.49. The van der Waals surface area contributed by atoms with Crippen molar-refractivity contribution >= 4 is 11.6 Å². The number of hydrogen-bond donors (Lipinski definition) is 1. The minimum absolute atomic E-state index is 0.185. The van der Waals surface area contributed by atoms with Crippen molar-refractivity contribution in [2.75, 3.05) is 6.61 Å². The second-order valence-electron chi connectivity index (χ2n) is 3.88. The zero-order valence-electron chi connectivity index (χ0n) is 8.16. The van der Waals surface area contributed by atoms with Crippen molar-refractivity contribution in [2.24, 2.45) is 5.73 Å². The van der Waals surface area contributed by atoms with Crippen molar-refractivity contribution in [3.8, 4) is 11.8 Å². The number of hydrogen-bond acceptors (Lipinski definition) is 3. The molecule has 0 radical (unpaired) electrons. The van der Waals surface area contributed by atoms with E-state index in [-0.39, 0.29) is 5.54 Å². The highest BCUT2D eigenvalue weighted by molar-refractivity contribution is 6.31. The molecule has 3 nitrogen and oxygen atoms in total. The minimum Gasteiger partial charge on any atom is -0.490 e. The van der Waals surface area contributed by atoms with Crippen LogP contribution >= 0.6 is 11.6 Å². The van der Waals surface area contributed by atoms with E-state index in [0.717, 1.165) is 12.8 Å². The molecule has 1 aliphatic carbocycles. The first-order chi connectivity index (χ1) is 7.14. The lowest BCUT2D eigenvalue weighted by Crippen LogP contribution is -2.29. The van der Waals surface area contributed by atoms with E-state index in [0.29, 0.717) is 22.9 Å². The lowest BCUT2D eigenvalue weighted by atomic mass is 10.2. The fourth-order valence-electron chi connectivity index (χ4n) is 1.26. The van der Waals surface area contributed by atoms with Gasteiger partial charge in [0.15, 0.2) is 0 Å². The SMILES string of the molecule is N#Cc1c(Cl)cccc1OCC1(N)CC1. The Hall–Kier alpha value is -1.24. The van der Waals surface area contributed by atoms with E-state index in [9.17, 15) is 0 Å². The lowest BCUT2D eigenvalue weighted by Gasteiger charge is -2.12. The summed E-state index contributed by atoms with van der Waals surface area (Å²) in [6.07, 6.45) is 1.96. The second-order valence-corrected chi connectivity index (χ2v) is 4.28. The van der Waals surface area contributed by atoms with Crippen molar-refractivity contribution in [3.63, 3.8) is 0 Å². The maximum absolute atomic E-state index is 8.90. The zero-order chi connectivity index (χ0) is 10.9. The zero-order valence-corrected chi connectivity index (χ0v) is 8.92. The summed E-state index contributed by atoms with van der Waals surface area (Å²) in [4.78, 5) is 0. The maximum atomic E-state index is 8.90. The molecule has 0 atom stereocenters. The standard InChI is InChI=1S/C11H11ClN2O/c12-9-2-1-3-10(8(9)6-13)15-7-11(14)4-5-11/h1-3H,4-5,7,14H2. The molecule has 0 amide bonds. The Morgan fingerprint density at radius 2 is 2.27 bits per heavy atom. The molecule has 0 spiro atoms. The summed E-state index contributed by atoms with van der Waals surface area (Å²) in [5.41, 5.74) is 6.08. The smallest absolute Gasteiger partial charge is 0.138 e. The quantitative estimate of drug-likeness (QED) is 0.852. The summed E-state index contributed by atoms with van der Waals surface area (Å²) in [6.45, 7) is 0.446. The number of rotatable bonds is 3. The molecule has 0 saturated heterocycles. The highest BCUT2D eigenvalue weighted by Crippen LogP contribution is 2.34. The molecule has 1 aromatic carbocycles. The first-order valence-corrected chi connectivity index (χ1v) is 5.13. The molecule has 0 heterocycles. The van der Waals surface area contributed by atoms with Gasteiger partial charge in [0.25, 0.3) is 0 Å². The van der Waals surface area contributed by atoms with Gasteiger partial charge in [0.1, 0.15) is 24.0 Å². The average Bonchev–Trinajstić information content (AvgIpc) is 2.94. The van der Waals surface area contributed by atoms with E-state index in [1.54, 1.807) is 18.2 Å². The fourth-order valence-corrected chi connectivity index (χ4v) is 1.47. The second kappa shape index (κ2) is 3.73. The topological polar surface area (TPSA) is 59.0 Å². The summed E-state index contributed by atoms with van der Waals surface area (Å²) in [7, 11) is 0. The van der Waals surface area contributed by atoms with Gasteiger partial charge in [-0.1, -0.05) is 17.7 Å².